The lowest BCUT2D eigenvalue weighted by atomic mass is 9.77. The van der Waals surface area contributed by atoms with Crippen LogP contribution in [0.2, 0.25) is 0 Å². The molecule has 1 aliphatic rings. The van der Waals surface area contributed by atoms with Gasteiger partial charge in [-0.05, 0) is 19.3 Å². The zero-order valence-electron chi connectivity index (χ0n) is 10.5. The SMILES string of the molecule is NC1(c2ncc(-c3nc(-c4cncs4)no3)[nH]2)CCC1. The first-order valence-electron chi connectivity index (χ1n) is 6.32. The number of rotatable bonds is 3. The van der Waals surface area contributed by atoms with Crippen molar-refractivity contribution in [1.82, 2.24) is 25.1 Å². The number of nitrogens with one attached hydrogen (secondary N) is 1. The summed E-state index contributed by atoms with van der Waals surface area (Å²) in [5, 5.41) is 3.95. The molecule has 0 aliphatic heterocycles. The predicted octanol–water partition coefficient (Wildman–Crippen LogP) is 1.92. The molecule has 0 unspecified atom stereocenters. The number of hydrogen-bond donors (Lipinski definition) is 2. The van der Waals surface area contributed by atoms with Gasteiger partial charge in [-0.25, -0.2) is 4.98 Å². The number of thiazole rings is 1. The van der Waals surface area contributed by atoms with Gasteiger partial charge in [-0.3, -0.25) is 4.98 Å². The Balaban J connectivity index is 1.65. The second kappa shape index (κ2) is 4.22. The molecule has 0 aromatic carbocycles. The van der Waals surface area contributed by atoms with Crippen molar-refractivity contribution >= 4 is 11.3 Å². The Morgan fingerprint density at radius 2 is 2.25 bits per heavy atom. The van der Waals surface area contributed by atoms with Gasteiger partial charge in [0, 0.05) is 6.20 Å². The minimum atomic E-state index is -0.321. The van der Waals surface area contributed by atoms with Gasteiger partial charge in [-0.15, -0.1) is 11.3 Å². The molecule has 3 heterocycles. The number of aromatic amines is 1. The molecule has 102 valence electrons. The molecule has 3 aromatic heterocycles. The van der Waals surface area contributed by atoms with Crippen LogP contribution in [0.1, 0.15) is 25.1 Å². The topological polar surface area (TPSA) is 107 Å². The average Bonchev–Trinajstić information content (AvgIpc) is 3.13. The van der Waals surface area contributed by atoms with Crippen molar-refractivity contribution in [3.05, 3.63) is 23.7 Å². The van der Waals surface area contributed by atoms with Crippen molar-refractivity contribution in [3.63, 3.8) is 0 Å². The van der Waals surface area contributed by atoms with Gasteiger partial charge in [0.1, 0.15) is 11.5 Å². The third-order valence-corrected chi connectivity index (χ3v) is 4.37. The van der Waals surface area contributed by atoms with Gasteiger partial charge >= 0.3 is 0 Å². The highest BCUT2D eigenvalue weighted by Crippen LogP contribution is 2.37. The summed E-state index contributed by atoms with van der Waals surface area (Å²) < 4.78 is 5.26. The van der Waals surface area contributed by atoms with Gasteiger partial charge in [0.05, 0.1) is 22.1 Å². The molecule has 7 nitrogen and oxygen atoms in total. The largest absolute Gasteiger partial charge is 0.336 e. The second-order valence-corrected chi connectivity index (χ2v) is 5.83. The molecule has 0 radical (unpaired) electrons. The standard InChI is InChI=1S/C12H12N6OS/c13-12(2-1-3-12)11-15-4-7(16-11)10-17-9(18-19-10)8-5-14-6-20-8/h4-6H,1-3,13H2,(H,15,16). The summed E-state index contributed by atoms with van der Waals surface area (Å²) in [4.78, 5) is 16.7. The number of H-pyrrole nitrogens is 1. The fourth-order valence-electron chi connectivity index (χ4n) is 2.24. The molecular formula is C12H12N6OS. The normalized spacial score (nSPS) is 17.1. The molecule has 0 atom stereocenters. The Kier molecular flexibility index (Phi) is 2.48. The zero-order chi connectivity index (χ0) is 13.6. The first-order valence-corrected chi connectivity index (χ1v) is 7.20. The van der Waals surface area contributed by atoms with Crippen molar-refractivity contribution < 1.29 is 4.52 Å². The summed E-state index contributed by atoms with van der Waals surface area (Å²) >= 11 is 1.46. The molecule has 0 saturated heterocycles. The van der Waals surface area contributed by atoms with Gasteiger partial charge < -0.3 is 15.2 Å². The maximum atomic E-state index is 6.23. The quantitative estimate of drug-likeness (QED) is 0.762. The highest BCUT2D eigenvalue weighted by atomic mass is 32.1. The Hall–Kier alpha value is -2.06. The van der Waals surface area contributed by atoms with Gasteiger partial charge in [0.15, 0.2) is 0 Å². The van der Waals surface area contributed by atoms with Gasteiger partial charge in [0.2, 0.25) is 5.82 Å². The van der Waals surface area contributed by atoms with E-state index in [9.17, 15) is 0 Å². The summed E-state index contributed by atoms with van der Waals surface area (Å²) in [5.41, 5.74) is 8.34. The maximum absolute atomic E-state index is 6.23. The lowest BCUT2D eigenvalue weighted by Crippen LogP contribution is -2.44. The van der Waals surface area contributed by atoms with Gasteiger partial charge in [-0.1, -0.05) is 5.16 Å². The second-order valence-electron chi connectivity index (χ2n) is 4.94. The van der Waals surface area contributed by atoms with Crippen molar-refractivity contribution in [3.8, 4) is 22.3 Å². The van der Waals surface area contributed by atoms with E-state index in [-0.39, 0.29) is 5.54 Å². The van der Waals surface area contributed by atoms with Crippen LogP contribution < -0.4 is 5.73 Å². The molecule has 1 aliphatic carbocycles. The average molecular weight is 288 g/mol. The molecular weight excluding hydrogens is 276 g/mol. The highest BCUT2D eigenvalue weighted by Gasteiger charge is 2.37. The van der Waals surface area contributed by atoms with E-state index in [4.69, 9.17) is 10.3 Å². The molecule has 0 spiro atoms. The number of nitrogens with two attached hydrogens (primary N) is 1. The van der Waals surface area contributed by atoms with E-state index in [0.29, 0.717) is 17.4 Å². The van der Waals surface area contributed by atoms with Crippen LogP contribution in [0.15, 0.2) is 22.4 Å². The molecule has 20 heavy (non-hydrogen) atoms. The monoisotopic (exact) mass is 288 g/mol. The fraction of sp³-hybridized carbons (Fsp3) is 0.333. The van der Waals surface area contributed by atoms with E-state index in [1.807, 2.05) is 0 Å². The molecule has 0 amide bonds. The third kappa shape index (κ3) is 1.76. The Morgan fingerprint density at radius 1 is 1.35 bits per heavy atom. The molecule has 1 saturated carbocycles. The van der Waals surface area contributed by atoms with Crippen LogP contribution in [-0.4, -0.2) is 25.1 Å². The minimum absolute atomic E-state index is 0.321. The van der Waals surface area contributed by atoms with Crippen LogP contribution in [0.5, 0.6) is 0 Å². The van der Waals surface area contributed by atoms with Crippen molar-refractivity contribution in [1.29, 1.82) is 0 Å². The molecule has 3 aromatic rings. The van der Waals surface area contributed by atoms with E-state index in [0.717, 1.165) is 30.0 Å². The van der Waals surface area contributed by atoms with Crippen molar-refractivity contribution in [2.75, 3.05) is 0 Å². The Labute approximate surface area is 118 Å². The summed E-state index contributed by atoms with van der Waals surface area (Å²) in [5.74, 6) is 1.73. The number of nitrogens with zero attached hydrogens (tertiary/aromatic N) is 4. The van der Waals surface area contributed by atoms with E-state index in [2.05, 4.69) is 25.1 Å². The van der Waals surface area contributed by atoms with E-state index >= 15 is 0 Å². The predicted molar refractivity (Wildman–Crippen MR) is 72.7 cm³/mol. The molecule has 0 bridgehead atoms. The lowest BCUT2D eigenvalue weighted by Gasteiger charge is -2.35. The molecule has 1 fully saturated rings. The van der Waals surface area contributed by atoms with Gasteiger partial charge in [-0.2, -0.15) is 4.98 Å². The third-order valence-electron chi connectivity index (χ3n) is 3.60. The number of aromatic nitrogens is 5. The number of hydrogen-bond acceptors (Lipinski definition) is 7. The Morgan fingerprint density at radius 3 is 2.95 bits per heavy atom. The summed E-state index contributed by atoms with van der Waals surface area (Å²) in [7, 11) is 0. The summed E-state index contributed by atoms with van der Waals surface area (Å²) in [6.07, 6.45) is 6.45. The van der Waals surface area contributed by atoms with Crippen molar-refractivity contribution in [2.45, 2.75) is 24.8 Å². The van der Waals surface area contributed by atoms with Crippen LogP contribution in [0.4, 0.5) is 0 Å². The van der Waals surface area contributed by atoms with Crippen molar-refractivity contribution in [2.24, 2.45) is 5.73 Å². The number of imidazole rings is 1. The van der Waals surface area contributed by atoms with Crippen LogP contribution in [0.25, 0.3) is 22.3 Å². The van der Waals surface area contributed by atoms with E-state index in [1.54, 1.807) is 17.9 Å². The minimum Gasteiger partial charge on any atom is -0.336 e. The van der Waals surface area contributed by atoms with E-state index in [1.165, 1.54) is 11.3 Å². The summed E-state index contributed by atoms with van der Waals surface area (Å²) in [6.45, 7) is 0. The fourth-order valence-corrected chi connectivity index (χ4v) is 2.78. The highest BCUT2D eigenvalue weighted by molar-refractivity contribution is 7.13. The first-order chi connectivity index (χ1) is 9.74. The van der Waals surface area contributed by atoms with Crippen LogP contribution >= 0.6 is 11.3 Å². The molecule has 8 heteroatoms. The molecule has 3 N–H and O–H groups in total. The molecule has 4 rings (SSSR count). The summed E-state index contributed by atoms with van der Waals surface area (Å²) in [6, 6.07) is 0. The zero-order valence-corrected chi connectivity index (χ0v) is 11.4. The van der Waals surface area contributed by atoms with Crippen LogP contribution in [0, 0.1) is 0 Å². The Bertz CT molecular complexity index is 727. The van der Waals surface area contributed by atoms with Crippen LogP contribution in [0.3, 0.4) is 0 Å². The first kappa shape index (κ1) is 11.7. The lowest BCUT2D eigenvalue weighted by molar-refractivity contribution is 0.240. The van der Waals surface area contributed by atoms with Crippen LogP contribution in [-0.2, 0) is 5.54 Å². The van der Waals surface area contributed by atoms with E-state index < -0.39 is 0 Å². The van der Waals surface area contributed by atoms with Gasteiger partial charge in [0.25, 0.3) is 5.89 Å². The maximum Gasteiger partial charge on any atom is 0.276 e. The smallest absolute Gasteiger partial charge is 0.276 e.